The van der Waals surface area contributed by atoms with Gasteiger partial charge in [-0.2, -0.15) is 0 Å². The Morgan fingerprint density at radius 3 is 2.90 bits per heavy atom. The van der Waals surface area contributed by atoms with Gasteiger partial charge in [-0.3, -0.25) is 4.79 Å². The molecule has 0 fully saturated rings. The molecule has 4 rings (SSSR count). The largest absolute Gasteiger partial charge is 0.462 e. The van der Waals surface area contributed by atoms with Gasteiger partial charge < -0.3 is 14.5 Å². The first kappa shape index (κ1) is 20.8. The summed E-state index contributed by atoms with van der Waals surface area (Å²) in [5.41, 5.74) is 0.906. The number of rotatable bonds is 4. The van der Waals surface area contributed by atoms with E-state index in [9.17, 15) is 14.4 Å². The molecule has 1 unspecified atom stereocenters. The standard InChI is InChI=1S/C22H20BrNO5S/c1-3-28-22(27)18-14-6-4-11(2)8-17(14)30-20(18)24-19(25)15-10-12-9-13(23)5-7-16(12)29-21(15)26/h5,7,9-11H,3-4,6,8H2,1-2H3,(H,24,25). The van der Waals surface area contributed by atoms with Crippen LogP contribution >= 0.6 is 27.3 Å². The smallest absolute Gasteiger partial charge is 0.349 e. The molecule has 1 aliphatic carbocycles. The number of ether oxygens (including phenoxy) is 1. The number of nitrogens with one attached hydrogen (secondary N) is 1. The van der Waals surface area contributed by atoms with E-state index in [4.69, 9.17) is 9.15 Å². The monoisotopic (exact) mass is 489 g/mol. The molecular weight excluding hydrogens is 470 g/mol. The number of amides is 1. The lowest BCUT2D eigenvalue weighted by atomic mass is 9.88. The van der Waals surface area contributed by atoms with Crippen molar-refractivity contribution in [1.29, 1.82) is 0 Å². The second-order valence-electron chi connectivity index (χ2n) is 7.36. The van der Waals surface area contributed by atoms with Crippen molar-refractivity contribution in [3.8, 4) is 0 Å². The van der Waals surface area contributed by atoms with Gasteiger partial charge in [0.15, 0.2) is 0 Å². The van der Waals surface area contributed by atoms with Crippen LogP contribution in [0.4, 0.5) is 5.00 Å². The summed E-state index contributed by atoms with van der Waals surface area (Å²) in [6.07, 6.45) is 2.60. The van der Waals surface area contributed by atoms with Crippen molar-refractivity contribution in [3.63, 3.8) is 0 Å². The zero-order chi connectivity index (χ0) is 21.4. The van der Waals surface area contributed by atoms with Crippen LogP contribution in [0.15, 0.2) is 37.9 Å². The molecule has 156 valence electrons. The molecule has 3 aromatic rings. The highest BCUT2D eigenvalue weighted by molar-refractivity contribution is 9.10. The molecule has 0 saturated heterocycles. The number of halogens is 1. The van der Waals surface area contributed by atoms with E-state index in [0.717, 1.165) is 34.2 Å². The maximum Gasteiger partial charge on any atom is 0.349 e. The maximum atomic E-state index is 12.9. The van der Waals surface area contributed by atoms with E-state index < -0.39 is 17.5 Å². The number of anilines is 1. The summed E-state index contributed by atoms with van der Waals surface area (Å²) in [7, 11) is 0. The third kappa shape index (κ3) is 3.94. The minimum absolute atomic E-state index is 0.116. The number of thiophene rings is 1. The molecule has 1 N–H and O–H groups in total. The van der Waals surface area contributed by atoms with Crippen LogP contribution in [0.25, 0.3) is 11.0 Å². The Hall–Kier alpha value is -2.45. The van der Waals surface area contributed by atoms with Gasteiger partial charge in [0, 0.05) is 14.7 Å². The molecule has 2 aromatic heterocycles. The predicted octanol–water partition coefficient (Wildman–Crippen LogP) is 5.17. The molecule has 8 heteroatoms. The maximum absolute atomic E-state index is 12.9. The fraction of sp³-hybridized carbons (Fsp3) is 0.318. The number of hydrogen-bond acceptors (Lipinski definition) is 6. The van der Waals surface area contributed by atoms with E-state index >= 15 is 0 Å². The van der Waals surface area contributed by atoms with Gasteiger partial charge in [-0.1, -0.05) is 22.9 Å². The minimum Gasteiger partial charge on any atom is -0.462 e. The van der Waals surface area contributed by atoms with Crippen LogP contribution in [0.2, 0.25) is 0 Å². The lowest BCUT2D eigenvalue weighted by Crippen LogP contribution is -2.21. The van der Waals surface area contributed by atoms with Gasteiger partial charge in [0.1, 0.15) is 16.1 Å². The van der Waals surface area contributed by atoms with Crippen LogP contribution in [0.3, 0.4) is 0 Å². The molecule has 6 nitrogen and oxygen atoms in total. The Kier molecular flexibility index (Phi) is 5.79. The minimum atomic E-state index is -0.727. The normalized spacial score (nSPS) is 15.6. The van der Waals surface area contributed by atoms with E-state index in [1.165, 1.54) is 17.4 Å². The number of esters is 1. The van der Waals surface area contributed by atoms with Crippen LogP contribution < -0.4 is 10.9 Å². The molecule has 0 bridgehead atoms. The van der Waals surface area contributed by atoms with Gasteiger partial charge in [0.2, 0.25) is 0 Å². The summed E-state index contributed by atoms with van der Waals surface area (Å²) < 4.78 is 11.3. The average Bonchev–Trinajstić information content (AvgIpc) is 3.04. The molecule has 30 heavy (non-hydrogen) atoms. The summed E-state index contributed by atoms with van der Waals surface area (Å²) in [6.45, 7) is 4.16. The average molecular weight is 490 g/mol. The number of fused-ring (bicyclic) bond motifs is 2. The van der Waals surface area contributed by atoms with Crippen LogP contribution in [-0.2, 0) is 17.6 Å². The first-order valence-corrected chi connectivity index (χ1v) is 11.3. The number of hydrogen-bond donors (Lipinski definition) is 1. The van der Waals surface area contributed by atoms with Gasteiger partial charge >= 0.3 is 11.6 Å². The number of carbonyl (C=O) groups excluding carboxylic acids is 2. The van der Waals surface area contributed by atoms with E-state index in [0.29, 0.717) is 27.5 Å². The second kappa shape index (κ2) is 8.35. The lowest BCUT2D eigenvalue weighted by Gasteiger charge is -2.18. The van der Waals surface area contributed by atoms with Gasteiger partial charge in [-0.15, -0.1) is 11.3 Å². The summed E-state index contributed by atoms with van der Waals surface area (Å²) in [5, 5.41) is 3.81. The van der Waals surface area contributed by atoms with Crippen molar-refractivity contribution in [3.05, 3.63) is 60.7 Å². The first-order chi connectivity index (χ1) is 14.4. The fourth-order valence-electron chi connectivity index (χ4n) is 3.68. The lowest BCUT2D eigenvalue weighted by molar-refractivity contribution is 0.0526. The molecule has 1 amide bonds. The third-order valence-corrected chi connectivity index (χ3v) is 6.82. The van der Waals surface area contributed by atoms with Gasteiger partial charge in [0.05, 0.1) is 12.2 Å². The summed E-state index contributed by atoms with van der Waals surface area (Å²) in [4.78, 5) is 39.0. The third-order valence-electron chi connectivity index (χ3n) is 5.16. The highest BCUT2D eigenvalue weighted by Crippen LogP contribution is 2.40. The van der Waals surface area contributed by atoms with Crippen LogP contribution in [-0.4, -0.2) is 18.5 Å². The summed E-state index contributed by atoms with van der Waals surface area (Å²) >= 11 is 4.76. The predicted molar refractivity (Wildman–Crippen MR) is 120 cm³/mol. The Balaban J connectivity index is 1.73. The van der Waals surface area contributed by atoms with Crippen molar-refractivity contribution in [2.45, 2.75) is 33.1 Å². The van der Waals surface area contributed by atoms with Crippen molar-refractivity contribution in [1.82, 2.24) is 0 Å². The van der Waals surface area contributed by atoms with E-state index in [-0.39, 0.29) is 12.2 Å². The molecule has 1 atom stereocenters. The first-order valence-electron chi connectivity index (χ1n) is 9.73. The molecule has 0 aliphatic heterocycles. The van der Waals surface area contributed by atoms with Crippen molar-refractivity contribution in [2.24, 2.45) is 5.92 Å². The Morgan fingerprint density at radius 2 is 2.13 bits per heavy atom. The van der Waals surface area contributed by atoms with Gasteiger partial charge in [-0.25, -0.2) is 9.59 Å². The highest BCUT2D eigenvalue weighted by atomic mass is 79.9. The Labute approximate surface area is 185 Å². The zero-order valence-corrected chi connectivity index (χ0v) is 18.9. The topological polar surface area (TPSA) is 85.6 Å². The van der Waals surface area contributed by atoms with Gasteiger partial charge in [-0.05, 0) is 61.9 Å². The van der Waals surface area contributed by atoms with Crippen LogP contribution in [0, 0.1) is 5.92 Å². The van der Waals surface area contributed by atoms with E-state index in [1.54, 1.807) is 25.1 Å². The molecular formula is C22H20BrNO5S. The molecule has 0 radical (unpaired) electrons. The second-order valence-corrected chi connectivity index (χ2v) is 9.38. The van der Waals surface area contributed by atoms with Crippen molar-refractivity contribution >= 4 is 55.1 Å². The number of benzene rings is 1. The molecule has 1 aromatic carbocycles. The quantitative estimate of drug-likeness (QED) is 0.403. The van der Waals surface area contributed by atoms with E-state index in [1.807, 2.05) is 0 Å². The Bertz CT molecular complexity index is 1210. The van der Waals surface area contributed by atoms with Crippen molar-refractivity contribution < 1.29 is 18.7 Å². The molecule has 1 aliphatic rings. The summed E-state index contributed by atoms with van der Waals surface area (Å²) in [5.74, 6) is -0.544. The number of carbonyl (C=O) groups is 2. The summed E-state index contributed by atoms with van der Waals surface area (Å²) in [6, 6.07) is 6.69. The molecule has 0 spiro atoms. The van der Waals surface area contributed by atoms with E-state index in [2.05, 4.69) is 28.2 Å². The molecule has 0 saturated carbocycles. The van der Waals surface area contributed by atoms with Gasteiger partial charge in [0.25, 0.3) is 5.91 Å². The zero-order valence-electron chi connectivity index (χ0n) is 16.5. The Morgan fingerprint density at radius 1 is 1.33 bits per heavy atom. The van der Waals surface area contributed by atoms with Crippen LogP contribution in [0.1, 0.15) is 51.4 Å². The van der Waals surface area contributed by atoms with Crippen LogP contribution in [0.5, 0.6) is 0 Å². The van der Waals surface area contributed by atoms with Crippen molar-refractivity contribution in [2.75, 3.05) is 11.9 Å². The highest BCUT2D eigenvalue weighted by Gasteiger charge is 2.29. The molecule has 2 heterocycles. The fourth-order valence-corrected chi connectivity index (χ4v) is 5.45. The SMILES string of the molecule is CCOC(=O)c1c(NC(=O)c2cc3cc(Br)ccc3oc2=O)sc2c1CCC(C)C2.